The molecule has 1 saturated heterocycles. The van der Waals surface area contributed by atoms with Crippen LogP contribution in [0.5, 0.6) is 11.5 Å². The van der Waals surface area contributed by atoms with Crippen molar-refractivity contribution in [2.24, 2.45) is 0 Å². The summed E-state index contributed by atoms with van der Waals surface area (Å²) in [4.78, 5) is 0. The third-order valence-corrected chi connectivity index (χ3v) is 3.94. The summed E-state index contributed by atoms with van der Waals surface area (Å²) < 4.78 is 11.4. The maximum atomic E-state index is 5.73. The normalized spacial score (nSPS) is 22.5. The fourth-order valence-electron chi connectivity index (χ4n) is 2.91. The molecule has 0 saturated carbocycles. The fraction of sp³-hybridized carbons (Fsp3) is 0.625. The molecular formula is C16H25NO2. The van der Waals surface area contributed by atoms with Crippen molar-refractivity contribution in [1.82, 2.24) is 5.32 Å². The van der Waals surface area contributed by atoms with Gasteiger partial charge in [0.1, 0.15) is 0 Å². The van der Waals surface area contributed by atoms with Crippen molar-refractivity contribution in [3.05, 3.63) is 23.8 Å². The predicted molar refractivity (Wildman–Crippen MR) is 78.0 cm³/mol. The van der Waals surface area contributed by atoms with Crippen molar-refractivity contribution in [1.29, 1.82) is 0 Å². The van der Waals surface area contributed by atoms with Crippen LogP contribution in [0, 0.1) is 0 Å². The van der Waals surface area contributed by atoms with Crippen LogP contribution in [-0.2, 0) is 5.54 Å². The average molecular weight is 263 g/mol. The maximum Gasteiger partial charge on any atom is 0.161 e. The van der Waals surface area contributed by atoms with Gasteiger partial charge in [0.2, 0.25) is 0 Å². The van der Waals surface area contributed by atoms with Crippen molar-refractivity contribution in [3.8, 4) is 11.5 Å². The van der Waals surface area contributed by atoms with Crippen LogP contribution in [0.3, 0.4) is 0 Å². The van der Waals surface area contributed by atoms with E-state index in [9.17, 15) is 0 Å². The summed E-state index contributed by atoms with van der Waals surface area (Å²) in [5, 5.41) is 3.66. The third-order valence-electron chi connectivity index (χ3n) is 3.94. The Morgan fingerprint density at radius 3 is 2.42 bits per heavy atom. The van der Waals surface area contributed by atoms with Crippen molar-refractivity contribution >= 4 is 0 Å². The van der Waals surface area contributed by atoms with Gasteiger partial charge in [-0.1, -0.05) is 13.0 Å². The van der Waals surface area contributed by atoms with Crippen LogP contribution < -0.4 is 14.8 Å². The first kappa shape index (κ1) is 14.2. The zero-order valence-corrected chi connectivity index (χ0v) is 12.3. The van der Waals surface area contributed by atoms with Crippen molar-refractivity contribution in [2.75, 3.05) is 19.8 Å². The lowest BCUT2D eigenvalue weighted by Gasteiger charge is -2.29. The highest BCUT2D eigenvalue weighted by molar-refractivity contribution is 5.45. The summed E-state index contributed by atoms with van der Waals surface area (Å²) in [6.07, 6.45) is 3.54. The van der Waals surface area contributed by atoms with Gasteiger partial charge in [-0.3, -0.25) is 0 Å². The summed E-state index contributed by atoms with van der Waals surface area (Å²) >= 11 is 0. The van der Waals surface area contributed by atoms with Crippen molar-refractivity contribution in [2.45, 2.75) is 45.6 Å². The van der Waals surface area contributed by atoms with Crippen LogP contribution >= 0.6 is 0 Å². The topological polar surface area (TPSA) is 30.5 Å². The highest BCUT2D eigenvalue weighted by Crippen LogP contribution is 2.38. The summed E-state index contributed by atoms with van der Waals surface area (Å²) in [5.74, 6) is 1.71. The first-order valence-electron chi connectivity index (χ1n) is 7.41. The molecule has 106 valence electrons. The van der Waals surface area contributed by atoms with E-state index in [0.717, 1.165) is 24.5 Å². The molecule has 1 heterocycles. The molecule has 0 radical (unpaired) electrons. The van der Waals surface area contributed by atoms with E-state index in [1.54, 1.807) is 0 Å². The Morgan fingerprint density at radius 2 is 1.84 bits per heavy atom. The molecule has 0 spiro atoms. The lowest BCUT2D eigenvalue weighted by Crippen LogP contribution is -2.35. The van der Waals surface area contributed by atoms with E-state index < -0.39 is 0 Å². The van der Waals surface area contributed by atoms with E-state index in [0.29, 0.717) is 13.2 Å². The number of rotatable bonds is 6. The molecule has 1 N–H and O–H groups in total. The lowest BCUT2D eigenvalue weighted by atomic mass is 9.86. The molecular weight excluding hydrogens is 238 g/mol. The Kier molecular flexibility index (Phi) is 4.70. The monoisotopic (exact) mass is 263 g/mol. The van der Waals surface area contributed by atoms with Crippen LogP contribution in [0.15, 0.2) is 18.2 Å². The molecule has 3 heteroatoms. The van der Waals surface area contributed by atoms with E-state index >= 15 is 0 Å². The minimum atomic E-state index is 0.122. The number of ether oxygens (including phenoxy) is 2. The number of hydrogen-bond donors (Lipinski definition) is 1. The number of nitrogens with one attached hydrogen (secondary N) is 1. The molecule has 1 aliphatic heterocycles. The number of benzene rings is 1. The first-order valence-corrected chi connectivity index (χ1v) is 7.41. The van der Waals surface area contributed by atoms with Gasteiger partial charge in [-0.15, -0.1) is 0 Å². The van der Waals surface area contributed by atoms with Gasteiger partial charge >= 0.3 is 0 Å². The lowest BCUT2D eigenvalue weighted by molar-refractivity contribution is 0.285. The third kappa shape index (κ3) is 2.86. The van der Waals surface area contributed by atoms with Gasteiger partial charge in [-0.25, -0.2) is 0 Å². The second kappa shape index (κ2) is 6.29. The van der Waals surface area contributed by atoms with Gasteiger partial charge < -0.3 is 14.8 Å². The van der Waals surface area contributed by atoms with Gasteiger partial charge in [0.25, 0.3) is 0 Å². The molecule has 1 fully saturated rings. The predicted octanol–water partition coefficient (Wildman–Crippen LogP) is 3.47. The van der Waals surface area contributed by atoms with Gasteiger partial charge in [0, 0.05) is 5.54 Å². The molecule has 1 unspecified atom stereocenters. The molecule has 1 aliphatic rings. The minimum Gasteiger partial charge on any atom is -0.490 e. The SMILES string of the molecule is CCOc1ccc(C2(CC)CCCN2)cc1OCC. The summed E-state index contributed by atoms with van der Waals surface area (Å²) in [6.45, 7) is 8.67. The fourth-order valence-corrected chi connectivity index (χ4v) is 2.91. The highest BCUT2D eigenvalue weighted by atomic mass is 16.5. The molecule has 1 aromatic rings. The Morgan fingerprint density at radius 1 is 1.11 bits per heavy atom. The van der Waals surface area contributed by atoms with E-state index in [1.807, 2.05) is 19.9 Å². The smallest absolute Gasteiger partial charge is 0.161 e. The molecule has 19 heavy (non-hydrogen) atoms. The molecule has 1 atom stereocenters. The standard InChI is InChI=1S/C16H25NO2/c1-4-16(10-7-11-17-16)13-8-9-14(18-5-2)15(12-13)19-6-3/h8-9,12,17H,4-7,10-11H2,1-3H3. The molecule has 3 nitrogen and oxygen atoms in total. The largest absolute Gasteiger partial charge is 0.490 e. The Hall–Kier alpha value is -1.22. The van der Waals surface area contributed by atoms with Gasteiger partial charge in [0.15, 0.2) is 11.5 Å². The second-order valence-electron chi connectivity index (χ2n) is 4.99. The molecule has 0 aromatic heterocycles. The average Bonchev–Trinajstić information content (AvgIpc) is 2.91. The second-order valence-corrected chi connectivity index (χ2v) is 4.99. The van der Waals surface area contributed by atoms with Crippen LogP contribution in [0.25, 0.3) is 0 Å². The van der Waals surface area contributed by atoms with Crippen molar-refractivity contribution in [3.63, 3.8) is 0 Å². The van der Waals surface area contributed by atoms with Gasteiger partial charge in [0.05, 0.1) is 13.2 Å². The van der Waals surface area contributed by atoms with E-state index in [-0.39, 0.29) is 5.54 Å². The summed E-state index contributed by atoms with van der Waals surface area (Å²) in [6, 6.07) is 6.37. The zero-order chi connectivity index (χ0) is 13.7. The summed E-state index contributed by atoms with van der Waals surface area (Å²) in [5.41, 5.74) is 1.44. The quantitative estimate of drug-likeness (QED) is 0.852. The molecule has 2 rings (SSSR count). The van der Waals surface area contributed by atoms with Gasteiger partial charge in [-0.05, 0) is 57.4 Å². The Labute approximate surface area is 116 Å². The molecule has 0 amide bonds. The van der Waals surface area contributed by atoms with Crippen LogP contribution in [0.2, 0.25) is 0 Å². The molecule has 0 bridgehead atoms. The minimum absolute atomic E-state index is 0.122. The van der Waals surface area contributed by atoms with E-state index in [1.165, 1.54) is 18.4 Å². The Balaban J connectivity index is 2.33. The first-order chi connectivity index (χ1) is 9.25. The summed E-state index contributed by atoms with van der Waals surface area (Å²) in [7, 11) is 0. The van der Waals surface area contributed by atoms with Crippen LogP contribution in [-0.4, -0.2) is 19.8 Å². The zero-order valence-electron chi connectivity index (χ0n) is 12.3. The van der Waals surface area contributed by atoms with Crippen LogP contribution in [0.4, 0.5) is 0 Å². The Bertz CT molecular complexity index is 411. The number of hydrogen-bond acceptors (Lipinski definition) is 3. The van der Waals surface area contributed by atoms with Crippen molar-refractivity contribution < 1.29 is 9.47 Å². The molecule has 0 aliphatic carbocycles. The van der Waals surface area contributed by atoms with Crippen LogP contribution in [0.1, 0.15) is 45.6 Å². The maximum absolute atomic E-state index is 5.73. The van der Waals surface area contributed by atoms with E-state index in [2.05, 4.69) is 24.4 Å². The van der Waals surface area contributed by atoms with Gasteiger partial charge in [-0.2, -0.15) is 0 Å². The van der Waals surface area contributed by atoms with E-state index in [4.69, 9.17) is 9.47 Å². The molecule has 1 aromatic carbocycles. The highest BCUT2D eigenvalue weighted by Gasteiger charge is 2.33.